The van der Waals surface area contributed by atoms with Crippen LogP contribution in [0.25, 0.3) is 0 Å². The highest BCUT2D eigenvalue weighted by Gasteiger charge is 2.25. The number of benzene rings is 1. The monoisotopic (exact) mass is 243 g/mol. The number of phenolic OH excluding ortho intramolecular Hbond substituents is 1. The van der Waals surface area contributed by atoms with Gasteiger partial charge in [0.05, 0.1) is 5.02 Å². The van der Waals surface area contributed by atoms with Gasteiger partial charge in [-0.05, 0) is 17.5 Å². The van der Waals surface area contributed by atoms with Gasteiger partial charge in [0.25, 0.3) is 0 Å². The molecule has 0 aliphatic carbocycles. The van der Waals surface area contributed by atoms with Crippen LogP contribution in [0.3, 0.4) is 0 Å². The maximum absolute atomic E-state index is 10.7. The van der Waals surface area contributed by atoms with Gasteiger partial charge in [0.15, 0.2) is 0 Å². The van der Waals surface area contributed by atoms with E-state index in [0.29, 0.717) is 5.56 Å². The Bertz CT molecular complexity index is 424. The van der Waals surface area contributed by atoms with Gasteiger partial charge in [-0.25, -0.2) is 4.79 Å². The Labute approximate surface area is 99.0 Å². The van der Waals surface area contributed by atoms with Gasteiger partial charge in [0, 0.05) is 5.56 Å². The van der Waals surface area contributed by atoms with E-state index >= 15 is 0 Å². The Hall–Kier alpha value is -1.42. The predicted octanol–water partition coefficient (Wildman–Crippen LogP) is 2.80. The third kappa shape index (κ3) is 2.58. The molecule has 1 rings (SSSR count). The topological polar surface area (TPSA) is 72.5 Å². The van der Waals surface area contributed by atoms with E-state index in [9.17, 15) is 9.90 Å². The maximum atomic E-state index is 10.7. The summed E-state index contributed by atoms with van der Waals surface area (Å²) in [6.45, 7) is 5.60. The average Bonchev–Trinajstić information content (AvgIpc) is 2.08. The number of primary amides is 1. The molecule has 0 radical (unpaired) electrons. The minimum atomic E-state index is -0.924. The molecular weight excluding hydrogens is 230 g/mol. The van der Waals surface area contributed by atoms with Crippen LogP contribution >= 0.6 is 11.6 Å². The van der Waals surface area contributed by atoms with Gasteiger partial charge in [-0.3, -0.25) is 0 Å². The van der Waals surface area contributed by atoms with Crippen molar-refractivity contribution >= 4 is 17.7 Å². The second-order valence-electron chi connectivity index (χ2n) is 4.44. The molecule has 0 aliphatic heterocycles. The summed E-state index contributed by atoms with van der Waals surface area (Å²) in [7, 11) is 0. The molecule has 1 aromatic carbocycles. The lowest BCUT2D eigenvalue weighted by Gasteiger charge is -2.23. The number of ether oxygens (including phenoxy) is 1. The molecule has 0 heterocycles. The molecule has 0 aromatic heterocycles. The molecule has 0 aliphatic rings. The number of amides is 1. The Morgan fingerprint density at radius 1 is 1.44 bits per heavy atom. The van der Waals surface area contributed by atoms with Crippen molar-refractivity contribution in [2.75, 3.05) is 0 Å². The SMILES string of the molecule is CC(C)(C)c1c(OC(N)=O)ccc(Cl)c1O. The lowest BCUT2D eigenvalue weighted by atomic mass is 9.85. The van der Waals surface area contributed by atoms with Gasteiger partial charge in [-0.15, -0.1) is 0 Å². The Morgan fingerprint density at radius 3 is 2.44 bits per heavy atom. The highest BCUT2D eigenvalue weighted by Crippen LogP contribution is 2.42. The van der Waals surface area contributed by atoms with Crippen LogP contribution in [-0.2, 0) is 5.41 Å². The van der Waals surface area contributed by atoms with Crippen LogP contribution in [0.4, 0.5) is 4.79 Å². The van der Waals surface area contributed by atoms with Crippen molar-refractivity contribution in [3.63, 3.8) is 0 Å². The van der Waals surface area contributed by atoms with E-state index in [2.05, 4.69) is 0 Å². The Morgan fingerprint density at radius 2 is 2.00 bits per heavy atom. The third-order valence-electron chi connectivity index (χ3n) is 2.05. The van der Waals surface area contributed by atoms with Crippen molar-refractivity contribution in [2.45, 2.75) is 26.2 Å². The molecular formula is C11H14ClNO3. The van der Waals surface area contributed by atoms with Crippen LogP contribution in [-0.4, -0.2) is 11.2 Å². The Kier molecular flexibility index (Phi) is 3.33. The predicted molar refractivity (Wildman–Crippen MR) is 62.0 cm³/mol. The largest absolute Gasteiger partial charge is 0.506 e. The average molecular weight is 244 g/mol. The lowest BCUT2D eigenvalue weighted by Crippen LogP contribution is -2.20. The van der Waals surface area contributed by atoms with E-state index in [0.717, 1.165) is 0 Å². The summed E-state index contributed by atoms with van der Waals surface area (Å²) in [6.07, 6.45) is -0.924. The van der Waals surface area contributed by atoms with E-state index in [-0.39, 0.29) is 16.5 Å². The van der Waals surface area contributed by atoms with Gasteiger partial charge in [-0.1, -0.05) is 32.4 Å². The number of rotatable bonds is 1. The Balaban J connectivity index is 3.39. The van der Waals surface area contributed by atoms with Crippen molar-refractivity contribution in [2.24, 2.45) is 5.73 Å². The minimum Gasteiger partial charge on any atom is -0.506 e. The van der Waals surface area contributed by atoms with E-state index in [1.807, 2.05) is 20.8 Å². The molecule has 0 unspecified atom stereocenters. The maximum Gasteiger partial charge on any atom is 0.409 e. The third-order valence-corrected chi connectivity index (χ3v) is 2.36. The van der Waals surface area contributed by atoms with Crippen LogP contribution in [0.15, 0.2) is 12.1 Å². The van der Waals surface area contributed by atoms with Crippen LogP contribution < -0.4 is 10.5 Å². The molecule has 4 nitrogen and oxygen atoms in total. The molecule has 16 heavy (non-hydrogen) atoms. The highest BCUT2D eigenvalue weighted by atomic mass is 35.5. The minimum absolute atomic E-state index is 0.0899. The summed E-state index contributed by atoms with van der Waals surface area (Å²) >= 11 is 5.81. The number of nitrogens with two attached hydrogens (primary N) is 1. The van der Waals surface area contributed by atoms with E-state index < -0.39 is 11.5 Å². The number of carbonyl (C=O) groups is 1. The molecule has 0 saturated heterocycles. The number of phenols is 1. The normalized spacial score (nSPS) is 11.2. The van der Waals surface area contributed by atoms with Crippen LogP contribution in [0, 0.1) is 0 Å². The molecule has 0 fully saturated rings. The summed E-state index contributed by atoms with van der Waals surface area (Å²) in [5.41, 5.74) is 4.99. The summed E-state index contributed by atoms with van der Waals surface area (Å²) in [5.74, 6) is 0.134. The summed E-state index contributed by atoms with van der Waals surface area (Å²) in [4.78, 5) is 10.7. The van der Waals surface area contributed by atoms with Crippen molar-refractivity contribution in [1.82, 2.24) is 0 Å². The number of carbonyl (C=O) groups excluding carboxylic acids is 1. The number of hydrogen-bond acceptors (Lipinski definition) is 3. The van der Waals surface area contributed by atoms with Crippen molar-refractivity contribution in [3.8, 4) is 11.5 Å². The fourth-order valence-corrected chi connectivity index (χ4v) is 1.62. The first-order valence-electron chi connectivity index (χ1n) is 4.72. The lowest BCUT2D eigenvalue weighted by molar-refractivity contribution is 0.209. The highest BCUT2D eigenvalue weighted by molar-refractivity contribution is 6.32. The van der Waals surface area contributed by atoms with Crippen LogP contribution in [0.1, 0.15) is 26.3 Å². The van der Waals surface area contributed by atoms with Gasteiger partial charge in [-0.2, -0.15) is 0 Å². The van der Waals surface area contributed by atoms with Crippen molar-refractivity contribution in [1.29, 1.82) is 0 Å². The number of halogens is 1. The molecule has 1 amide bonds. The second-order valence-corrected chi connectivity index (χ2v) is 4.85. The molecule has 1 aromatic rings. The summed E-state index contributed by atoms with van der Waals surface area (Å²) in [6, 6.07) is 2.96. The quantitative estimate of drug-likeness (QED) is 0.797. The smallest absolute Gasteiger partial charge is 0.409 e. The van der Waals surface area contributed by atoms with Gasteiger partial charge >= 0.3 is 6.09 Å². The number of aromatic hydroxyl groups is 1. The number of hydrogen-bond donors (Lipinski definition) is 2. The van der Waals surface area contributed by atoms with E-state index in [1.54, 1.807) is 0 Å². The zero-order valence-corrected chi connectivity index (χ0v) is 10.1. The van der Waals surface area contributed by atoms with Gasteiger partial charge in [0.2, 0.25) is 0 Å². The standard InChI is InChI=1S/C11H14ClNO3/c1-11(2,3)8-7(16-10(13)15)5-4-6(12)9(8)14/h4-5,14H,1-3H3,(H2,13,15). The van der Waals surface area contributed by atoms with Gasteiger partial charge < -0.3 is 15.6 Å². The van der Waals surface area contributed by atoms with E-state index in [4.69, 9.17) is 22.1 Å². The molecule has 0 atom stereocenters. The molecule has 0 saturated carbocycles. The molecule has 3 N–H and O–H groups in total. The molecule has 5 heteroatoms. The molecule has 88 valence electrons. The fraction of sp³-hybridized carbons (Fsp3) is 0.364. The summed E-state index contributed by atoms with van der Waals surface area (Å²) < 4.78 is 4.83. The fourth-order valence-electron chi connectivity index (χ4n) is 1.47. The van der Waals surface area contributed by atoms with Crippen LogP contribution in [0.2, 0.25) is 5.02 Å². The first-order valence-corrected chi connectivity index (χ1v) is 5.10. The van der Waals surface area contributed by atoms with E-state index in [1.165, 1.54) is 12.1 Å². The van der Waals surface area contributed by atoms with Crippen molar-refractivity contribution in [3.05, 3.63) is 22.7 Å². The van der Waals surface area contributed by atoms with Crippen LogP contribution in [0.5, 0.6) is 11.5 Å². The summed E-state index contributed by atoms with van der Waals surface area (Å²) in [5, 5.41) is 10.1. The van der Waals surface area contributed by atoms with Crippen molar-refractivity contribution < 1.29 is 14.6 Å². The van der Waals surface area contributed by atoms with Gasteiger partial charge in [0.1, 0.15) is 11.5 Å². The second kappa shape index (κ2) is 4.22. The zero-order chi connectivity index (χ0) is 12.5. The molecule has 0 spiro atoms. The first-order chi connectivity index (χ1) is 7.23. The zero-order valence-electron chi connectivity index (χ0n) is 9.37. The molecule has 0 bridgehead atoms. The first kappa shape index (κ1) is 12.6.